The van der Waals surface area contributed by atoms with Gasteiger partial charge in [-0.15, -0.1) is 11.6 Å². The average Bonchev–Trinajstić information content (AvgIpc) is 2.00. The Balaban J connectivity index is 3.94. The SMILES string of the molecule is C=CP(=O)(C=C)OCCCl. The van der Waals surface area contributed by atoms with Crippen molar-refractivity contribution in [2.75, 3.05) is 12.5 Å². The maximum absolute atomic E-state index is 11.2. The molecule has 4 heteroatoms. The van der Waals surface area contributed by atoms with Crippen LogP contribution in [-0.2, 0) is 9.09 Å². The van der Waals surface area contributed by atoms with Crippen molar-refractivity contribution in [3.05, 3.63) is 24.8 Å². The van der Waals surface area contributed by atoms with Crippen LogP contribution in [0.4, 0.5) is 0 Å². The standard InChI is InChI=1S/C6H10ClO2P/c1-3-10(8,4-2)9-6-5-7/h3-4H,1-2,5-6H2. The van der Waals surface area contributed by atoms with Gasteiger partial charge in [-0.1, -0.05) is 13.2 Å². The molecule has 0 radical (unpaired) electrons. The van der Waals surface area contributed by atoms with Gasteiger partial charge in [-0.05, 0) is 11.6 Å². The Bertz CT molecular complexity index is 155. The summed E-state index contributed by atoms with van der Waals surface area (Å²) in [6.45, 7) is 6.97. The Hall–Kier alpha value is -0.0400. The summed E-state index contributed by atoms with van der Waals surface area (Å²) in [7, 11) is -2.75. The summed E-state index contributed by atoms with van der Waals surface area (Å²) in [5.74, 6) is 2.84. The van der Waals surface area contributed by atoms with Crippen molar-refractivity contribution in [1.29, 1.82) is 0 Å². The smallest absolute Gasteiger partial charge is 0.246 e. The normalized spacial score (nSPS) is 10.9. The lowest BCUT2D eigenvalue weighted by atomic mass is 10.9. The Morgan fingerprint density at radius 3 is 2.30 bits per heavy atom. The molecule has 0 saturated heterocycles. The van der Waals surface area contributed by atoms with Crippen LogP contribution in [0, 0.1) is 0 Å². The lowest BCUT2D eigenvalue weighted by Crippen LogP contribution is -1.89. The van der Waals surface area contributed by atoms with Crippen LogP contribution in [0.25, 0.3) is 0 Å². The monoisotopic (exact) mass is 180 g/mol. The number of rotatable bonds is 5. The van der Waals surface area contributed by atoms with E-state index in [9.17, 15) is 4.57 Å². The van der Waals surface area contributed by atoms with E-state index < -0.39 is 7.37 Å². The van der Waals surface area contributed by atoms with Crippen LogP contribution in [0.2, 0.25) is 0 Å². The second-order valence-electron chi connectivity index (χ2n) is 1.53. The molecule has 0 aliphatic carbocycles. The molecule has 10 heavy (non-hydrogen) atoms. The molecule has 0 heterocycles. The van der Waals surface area contributed by atoms with Gasteiger partial charge in [0.2, 0.25) is 7.37 Å². The van der Waals surface area contributed by atoms with Gasteiger partial charge in [0.1, 0.15) is 0 Å². The van der Waals surface area contributed by atoms with E-state index in [1.165, 1.54) is 11.6 Å². The lowest BCUT2D eigenvalue weighted by Gasteiger charge is -2.06. The van der Waals surface area contributed by atoms with Crippen molar-refractivity contribution >= 4 is 19.0 Å². The molecule has 0 amide bonds. The third-order valence-electron chi connectivity index (χ3n) is 0.879. The van der Waals surface area contributed by atoms with Gasteiger partial charge in [-0.3, -0.25) is 4.57 Å². The second-order valence-corrected chi connectivity index (χ2v) is 4.19. The minimum atomic E-state index is -2.75. The highest BCUT2D eigenvalue weighted by atomic mass is 35.5. The molecule has 0 atom stereocenters. The lowest BCUT2D eigenvalue weighted by molar-refractivity contribution is 0.349. The van der Waals surface area contributed by atoms with E-state index >= 15 is 0 Å². The number of hydrogen-bond acceptors (Lipinski definition) is 2. The first-order valence-electron chi connectivity index (χ1n) is 2.75. The minimum absolute atomic E-state index is 0.261. The fourth-order valence-electron chi connectivity index (χ4n) is 0.357. The van der Waals surface area contributed by atoms with Gasteiger partial charge < -0.3 is 4.52 Å². The first-order chi connectivity index (χ1) is 4.68. The van der Waals surface area contributed by atoms with Crippen LogP contribution in [-0.4, -0.2) is 12.5 Å². The molecular weight excluding hydrogens is 170 g/mol. The Kier molecular flexibility index (Phi) is 4.71. The molecule has 0 aromatic rings. The zero-order valence-electron chi connectivity index (χ0n) is 5.62. The summed E-state index contributed by atoms with van der Waals surface area (Å²) in [5, 5.41) is 0. The van der Waals surface area contributed by atoms with E-state index in [2.05, 4.69) is 13.2 Å². The highest BCUT2D eigenvalue weighted by Gasteiger charge is 2.11. The van der Waals surface area contributed by atoms with Gasteiger partial charge in [0, 0.05) is 5.88 Å². The average molecular weight is 181 g/mol. The minimum Gasteiger partial charge on any atom is -0.322 e. The van der Waals surface area contributed by atoms with Gasteiger partial charge in [0.05, 0.1) is 6.61 Å². The van der Waals surface area contributed by atoms with Crippen molar-refractivity contribution in [3.8, 4) is 0 Å². The van der Waals surface area contributed by atoms with Gasteiger partial charge in [-0.25, -0.2) is 0 Å². The molecule has 0 unspecified atom stereocenters. The van der Waals surface area contributed by atoms with E-state index in [4.69, 9.17) is 16.1 Å². The second kappa shape index (κ2) is 4.73. The highest BCUT2D eigenvalue weighted by molar-refractivity contribution is 7.65. The summed E-state index contributed by atoms with van der Waals surface area (Å²) in [5.41, 5.74) is 0. The molecule has 0 saturated carbocycles. The Morgan fingerprint density at radius 2 is 2.00 bits per heavy atom. The molecular formula is C6H10ClO2P. The van der Waals surface area contributed by atoms with Crippen LogP contribution >= 0.6 is 19.0 Å². The van der Waals surface area contributed by atoms with Crippen molar-refractivity contribution in [2.24, 2.45) is 0 Å². The number of hydrogen-bond donors (Lipinski definition) is 0. The predicted molar refractivity (Wildman–Crippen MR) is 44.7 cm³/mol. The quantitative estimate of drug-likeness (QED) is 0.480. The molecule has 0 aromatic heterocycles. The zero-order chi connectivity index (χ0) is 8.04. The molecule has 0 aliphatic rings. The summed E-state index contributed by atoms with van der Waals surface area (Å²) in [4.78, 5) is 0. The molecule has 0 rings (SSSR count). The fourth-order valence-corrected chi connectivity index (χ4v) is 1.28. The molecule has 0 N–H and O–H groups in total. The summed E-state index contributed by atoms with van der Waals surface area (Å²) in [6, 6.07) is 0. The van der Waals surface area contributed by atoms with E-state index in [1.807, 2.05) is 0 Å². The van der Waals surface area contributed by atoms with Crippen molar-refractivity contribution in [3.63, 3.8) is 0 Å². The van der Waals surface area contributed by atoms with Crippen molar-refractivity contribution in [1.82, 2.24) is 0 Å². The summed E-state index contributed by atoms with van der Waals surface area (Å²) >= 11 is 5.31. The molecule has 2 nitrogen and oxygen atoms in total. The highest BCUT2D eigenvalue weighted by Crippen LogP contribution is 2.48. The van der Waals surface area contributed by atoms with E-state index in [1.54, 1.807) is 0 Å². The Labute approximate surface area is 66.0 Å². The fraction of sp³-hybridized carbons (Fsp3) is 0.333. The maximum Gasteiger partial charge on any atom is 0.246 e. The van der Waals surface area contributed by atoms with Crippen LogP contribution in [0.15, 0.2) is 24.8 Å². The van der Waals surface area contributed by atoms with E-state index in [0.29, 0.717) is 5.88 Å². The first-order valence-corrected chi connectivity index (χ1v) is 5.05. The van der Waals surface area contributed by atoms with Gasteiger partial charge in [0.15, 0.2) is 0 Å². The summed E-state index contributed by atoms with van der Waals surface area (Å²) in [6.07, 6.45) is 0. The summed E-state index contributed by atoms with van der Waals surface area (Å²) < 4.78 is 16.1. The van der Waals surface area contributed by atoms with Crippen LogP contribution in [0.1, 0.15) is 0 Å². The van der Waals surface area contributed by atoms with Crippen molar-refractivity contribution < 1.29 is 9.09 Å². The first kappa shape index (κ1) is 9.96. The van der Waals surface area contributed by atoms with Gasteiger partial charge >= 0.3 is 0 Å². The molecule has 58 valence electrons. The molecule has 0 aliphatic heterocycles. The molecule has 0 bridgehead atoms. The third kappa shape index (κ3) is 3.21. The number of halogens is 1. The van der Waals surface area contributed by atoms with Crippen LogP contribution in [0.3, 0.4) is 0 Å². The topological polar surface area (TPSA) is 26.3 Å². The Morgan fingerprint density at radius 1 is 1.50 bits per heavy atom. The van der Waals surface area contributed by atoms with Crippen molar-refractivity contribution in [2.45, 2.75) is 0 Å². The molecule has 0 spiro atoms. The molecule has 0 aromatic carbocycles. The third-order valence-corrected chi connectivity index (χ3v) is 2.64. The van der Waals surface area contributed by atoms with Gasteiger partial charge in [0.25, 0.3) is 0 Å². The number of alkyl halides is 1. The van der Waals surface area contributed by atoms with E-state index in [-0.39, 0.29) is 6.61 Å². The van der Waals surface area contributed by atoms with E-state index in [0.717, 1.165) is 0 Å². The van der Waals surface area contributed by atoms with Crippen LogP contribution in [0.5, 0.6) is 0 Å². The largest absolute Gasteiger partial charge is 0.322 e. The maximum atomic E-state index is 11.2. The van der Waals surface area contributed by atoms with Crippen LogP contribution < -0.4 is 0 Å². The zero-order valence-corrected chi connectivity index (χ0v) is 7.28. The molecule has 0 fully saturated rings. The van der Waals surface area contributed by atoms with Gasteiger partial charge in [-0.2, -0.15) is 0 Å². The predicted octanol–water partition coefficient (Wildman–Crippen LogP) is 2.81.